The normalized spacial score (nSPS) is 19.5. The average Bonchev–Trinajstić information content (AvgIpc) is 2.88. The lowest BCUT2D eigenvalue weighted by molar-refractivity contribution is 0.279. The highest BCUT2D eigenvalue weighted by molar-refractivity contribution is 8.14. The number of nitriles is 1. The zero-order chi connectivity index (χ0) is 17.7. The molecule has 0 spiro atoms. The van der Waals surface area contributed by atoms with Gasteiger partial charge in [-0.15, -0.1) is 0 Å². The second-order valence-electron chi connectivity index (χ2n) is 7.34. The Kier molecular flexibility index (Phi) is 6.74. The van der Waals surface area contributed by atoms with Crippen LogP contribution in [0.15, 0.2) is 23.2 Å². The minimum absolute atomic E-state index is 0.583. The Labute approximate surface area is 151 Å². The van der Waals surface area contributed by atoms with Crippen LogP contribution in [0.25, 0.3) is 0 Å². The van der Waals surface area contributed by atoms with Crippen LogP contribution >= 0.6 is 11.8 Å². The minimum atomic E-state index is 0.583. The van der Waals surface area contributed by atoms with Crippen molar-refractivity contribution in [1.82, 2.24) is 4.90 Å². The maximum atomic E-state index is 9.09. The Balaban J connectivity index is 2.31. The molecule has 0 aliphatic carbocycles. The Hall–Kier alpha value is -1.47. The molecule has 1 heterocycles. The summed E-state index contributed by atoms with van der Waals surface area (Å²) in [6.07, 6.45) is 2.11. The van der Waals surface area contributed by atoms with Crippen molar-refractivity contribution in [3.05, 3.63) is 29.3 Å². The highest BCUT2D eigenvalue weighted by atomic mass is 32.2. The summed E-state index contributed by atoms with van der Waals surface area (Å²) in [5.41, 5.74) is 2.88. The number of benzene rings is 1. The smallest absolute Gasteiger partial charge is 0.164 e. The van der Waals surface area contributed by atoms with Crippen LogP contribution in [0.5, 0.6) is 0 Å². The zero-order valence-electron chi connectivity index (χ0n) is 15.5. The highest BCUT2D eigenvalue weighted by Crippen LogP contribution is 2.32. The van der Waals surface area contributed by atoms with Crippen molar-refractivity contribution >= 4 is 22.6 Å². The van der Waals surface area contributed by atoms with Crippen molar-refractivity contribution in [2.45, 2.75) is 53.5 Å². The summed E-state index contributed by atoms with van der Waals surface area (Å²) in [4.78, 5) is 7.50. The van der Waals surface area contributed by atoms with Gasteiger partial charge in [0.25, 0.3) is 0 Å². The van der Waals surface area contributed by atoms with Gasteiger partial charge < -0.3 is 4.90 Å². The molecule has 0 radical (unpaired) electrons. The predicted molar refractivity (Wildman–Crippen MR) is 105 cm³/mol. The molecule has 0 bridgehead atoms. The van der Waals surface area contributed by atoms with Gasteiger partial charge in [0.15, 0.2) is 5.17 Å². The summed E-state index contributed by atoms with van der Waals surface area (Å²) in [7, 11) is 0. The summed E-state index contributed by atoms with van der Waals surface area (Å²) in [5, 5.41) is 10.2. The second-order valence-corrected chi connectivity index (χ2v) is 8.33. The Morgan fingerprint density at radius 1 is 1.29 bits per heavy atom. The molecule has 1 unspecified atom stereocenters. The molecule has 24 heavy (non-hydrogen) atoms. The molecule has 0 saturated carbocycles. The van der Waals surface area contributed by atoms with E-state index in [1.807, 2.05) is 30.0 Å². The summed E-state index contributed by atoms with van der Waals surface area (Å²) >= 11 is 1.88. The van der Waals surface area contributed by atoms with Crippen molar-refractivity contribution in [1.29, 1.82) is 5.26 Å². The maximum absolute atomic E-state index is 9.09. The first-order chi connectivity index (χ1) is 11.4. The molecule has 1 fully saturated rings. The summed E-state index contributed by atoms with van der Waals surface area (Å²) in [6.45, 7) is 12.3. The van der Waals surface area contributed by atoms with Crippen LogP contribution in [0.4, 0.5) is 5.69 Å². The Morgan fingerprint density at radius 2 is 2.04 bits per heavy atom. The summed E-state index contributed by atoms with van der Waals surface area (Å²) < 4.78 is 0. The molecule has 1 aromatic rings. The van der Waals surface area contributed by atoms with Crippen molar-refractivity contribution in [3.8, 4) is 6.07 Å². The fraction of sp³-hybridized carbons (Fsp3) is 0.600. The standard InChI is InChI=1S/C20H29N3S/c1-6-17-10-16(11-21)7-8-19(17)22-20-23(12-15(4)5)18(13-24-20)9-14(2)3/h7-8,10,14-15,18H,6,9,12-13H2,1-5H3. The van der Waals surface area contributed by atoms with E-state index in [2.05, 4.69) is 45.6 Å². The molecule has 0 aromatic heterocycles. The van der Waals surface area contributed by atoms with E-state index in [0.717, 1.165) is 35.1 Å². The zero-order valence-corrected chi connectivity index (χ0v) is 16.4. The van der Waals surface area contributed by atoms with Crippen LogP contribution in [0.3, 0.4) is 0 Å². The monoisotopic (exact) mass is 343 g/mol. The van der Waals surface area contributed by atoms with Gasteiger partial charge in [0.05, 0.1) is 17.3 Å². The first kappa shape index (κ1) is 18.9. The van der Waals surface area contributed by atoms with E-state index in [1.165, 1.54) is 6.42 Å². The van der Waals surface area contributed by atoms with Gasteiger partial charge in [-0.3, -0.25) is 0 Å². The lowest BCUT2D eigenvalue weighted by Gasteiger charge is -2.29. The van der Waals surface area contributed by atoms with E-state index in [9.17, 15) is 0 Å². The number of rotatable bonds is 6. The first-order valence-corrected chi connectivity index (χ1v) is 9.94. The second kappa shape index (κ2) is 8.58. The topological polar surface area (TPSA) is 39.4 Å². The van der Waals surface area contributed by atoms with Gasteiger partial charge in [-0.25, -0.2) is 4.99 Å². The van der Waals surface area contributed by atoms with Gasteiger partial charge in [-0.1, -0.05) is 46.4 Å². The maximum Gasteiger partial charge on any atom is 0.164 e. The van der Waals surface area contributed by atoms with Gasteiger partial charge >= 0.3 is 0 Å². The number of hydrogen-bond donors (Lipinski definition) is 0. The SMILES string of the molecule is CCc1cc(C#N)ccc1N=C1SCC(CC(C)C)N1CC(C)C. The number of amidine groups is 1. The van der Waals surface area contributed by atoms with Gasteiger partial charge in [0.1, 0.15) is 0 Å². The van der Waals surface area contributed by atoms with Gasteiger partial charge in [-0.05, 0) is 48.4 Å². The van der Waals surface area contributed by atoms with Crippen LogP contribution in [0.1, 0.15) is 52.2 Å². The molecule has 0 amide bonds. The van der Waals surface area contributed by atoms with E-state index in [4.69, 9.17) is 10.3 Å². The lowest BCUT2D eigenvalue weighted by atomic mass is 10.0. The molecule has 0 N–H and O–H groups in total. The van der Waals surface area contributed by atoms with Gasteiger partial charge in [0.2, 0.25) is 0 Å². The van der Waals surface area contributed by atoms with E-state index in [1.54, 1.807) is 0 Å². The fourth-order valence-electron chi connectivity index (χ4n) is 3.11. The molecule has 2 rings (SSSR count). The number of aliphatic imine (C=N–C) groups is 1. The quantitative estimate of drug-likeness (QED) is 0.710. The van der Waals surface area contributed by atoms with Crippen LogP contribution in [-0.2, 0) is 6.42 Å². The summed E-state index contributed by atoms with van der Waals surface area (Å²) in [6, 6.07) is 8.64. The van der Waals surface area contributed by atoms with Crippen molar-refractivity contribution < 1.29 is 0 Å². The molecular weight excluding hydrogens is 314 g/mol. The predicted octanol–water partition coefficient (Wildman–Crippen LogP) is 5.23. The first-order valence-electron chi connectivity index (χ1n) is 8.95. The molecule has 1 saturated heterocycles. The number of thioether (sulfide) groups is 1. The molecule has 3 nitrogen and oxygen atoms in total. The number of nitrogens with zero attached hydrogens (tertiary/aromatic N) is 3. The van der Waals surface area contributed by atoms with Crippen molar-refractivity contribution in [3.63, 3.8) is 0 Å². The molecule has 4 heteroatoms. The number of hydrogen-bond acceptors (Lipinski definition) is 3. The third kappa shape index (κ3) is 4.77. The van der Waals surface area contributed by atoms with E-state index >= 15 is 0 Å². The lowest BCUT2D eigenvalue weighted by Crippen LogP contribution is -2.37. The van der Waals surface area contributed by atoms with Gasteiger partial charge in [-0.2, -0.15) is 5.26 Å². The van der Waals surface area contributed by atoms with Crippen molar-refractivity contribution in [2.24, 2.45) is 16.8 Å². The molecule has 130 valence electrons. The van der Waals surface area contributed by atoms with E-state index in [-0.39, 0.29) is 0 Å². The minimum Gasteiger partial charge on any atom is -0.347 e. The molecular formula is C20H29N3S. The van der Waals surface area contributed by atoms with Crippen LogP contribution in [-0.4, -0.2) is 28.4 Å². The Bertz CT molecular complexity index is 628. The highest BCUT2D eigenvalue weighted by Gasteiger charge is 2.31. The van der Waals surface area contributed by atoms with E-state index in [0.29, 0.717) is 23.4 Å². The average molecular weight is 344 g/mol. The van der Waals surface area contributed by atoms with Crippen LogP contribution in [0, 0.1) is 23.2 Å². The number of aryl methyl sites for hydroxylation is 1. The molecule has 1 aliphatic rings. The largest absolute Gasteiger partial charge is 0.347 e. The third-order valence-corrected chi connectivity index (χ3v) is 5.34. The van der Waals surface area contributed by atoms with Crippen molar-refractivity contribution in [2.75, 3.05) is 12.3 Å². The Morgan fingerprint density at radius 3 is 2.62 bits per heavy atom. The van der Waals surface area contributed by atoms with Crippen LogP contribution in [0.2, 0.25) is 0 Å². The fourth-order valence-corrected chi connectivity index (χ4v) is 4.32. The third-order valence-electron chi connectivity index (χ3n) is 4.20. The van der Waals surface area contributed by atoms with Gasteiger partial charge in [0, 0.05) is 18.3 Å². The van der Waals surface area contributed by atoms with Crippen LogP contribution < -0.4 is 0 Å². The summed E-state index contributed by atoms with van der Waals surface area (Å²) in [5.74, 6) is 2.45. The molecule has 1 atom stereocenters. The molecule has 1 aromatic carbocycles. The van der Waals surface area contributed by atoms with E-state index < -0.39 is 0 Å². The molecule has 1 aliphatic heterocycles.